The summed E-state index contributed by atoms with van der Waals surface area (Å²) < 4.78 is 11.2. The van der Waals surface area contributed by atoms with E-state index in [0.29, 0.717) is 10.6 Å². The number of aromatic carboxylic acids is 2. The smallest absolute Gasteiger partial charge is 0.342 e. The van der Waals surface area contributed by atoms with Crippen LogP contribution in [-0.2, 0) is 6.61 Å². The number of hydrogen-bond acceptors (Lipinski definition) is 6. The van der Waals surface area contributed by atoms with Crippen molar-refractivity contribution in [2.24, 2.45) is 0 Å². The third-order valence-corrected chi connectivity index (χ3v) is 4.65. The second-order valence-corrected chi connectivity index (χ2v) is 6.80. The van der Waals surface area contributed by atoms with E-state index in [4.69, 9.17) is 26.8 Å². The summed E-state index contributed by atoms with van der Waals surface area (Å²) in [6, 6.07) is 11.3. The lowest BCUT2D eigenvalue weighted by molar-refractivity contribution is 0.0695. The zero-order valence-electron chi connectivity index (χ0n) is 16.1. The fourth-order valence-electron chi connectivity index (χ4n) is 3.12. The molecule has 0 unspecified atom stereocenters. The lowest BCUT2D eigenvalue weighted by Gasteiger charge is -2.18. The van der Waals surface area contributed by atoms with E-state index < -0.39 is 34.4 Å². The Morgan fingerprint density at radius 3 is 2.39 bits per heavy atom. The van der Waals surface area contributed by atoms with Gasteiger partial charge in [0.1, 0.15) is 23.6 Å². The zero-order valence-corrected chi connectivity index (χ0v) is 16.9. The molecule has 10 heteroatoms. The summed E-state index contributed by atoms with van der Waals surface area (Å²) in [5.74, 6) is -3.38. The second-order valence-electron chi connectivity index (χ2n) is 6.36. The number of H-pyrrole nitrogens is 1. The number of carbonyl (C=O) groups is 2. The van der Waals surface area contributed by atoms with E-state index in [1.165, 1.54) is 19.2 Å². The molecule has 0 aliphatic carbocycles. The quantitative estimate of drug-likeness (QED) is 0.433. The Kier molecular flexibility index (Phi) is 6.17. The van der Waals surface area contributed by atoms with Crippen molar-refractivity contribution in [3.8, 4) is 22.6 Å². The molecule has 0 fully saturated rings. The van der Waals surface area contributed by atoms with E-state index in [-0.39, 0.29) is 29.2 Å². The van der Waals surface area contributed by atoms with Gasteiger partial charge in [-0.2, -0.15) is 0 Å². The van der Waals surface area contributed by atoms with Gasteiger partial charge in [-0.15, -0.1) is 0 Å². The van der Waals surface area contributed by atoms with Crippen LogP contribution in [0.1, 0.15) is 26.3 Å². The topological polar surface area (TPSA) is 152 Å². The number of carboxylic acid groups (broad SMARTS) is 2. The van der Waals surface area contributed by atoms with Gasteiger partial charge in [0.2, 0.25) is 0 Å². The number of methoxy groups -OCH3 is 1. The molecular weight excluding hydrogens is 428 g/mol. The maximum atomic E-state index is 12.3. The number of benzene rings is 2. The van der Waals surface area contributed by atoms with Gasteiger partial charge in [0, 0.05) is 16.1 Å². The summed E-state index contributed by atoms with van der Waals surface area (Å²) in [6.07, 6.45) is 0. The molecular formula is C21H17ClN2O7. The number of nitrogens with two attached hydrogens (primary N) is 1. The number of ether oxygens (including phenoxy) is 2. The predicted octanol–water partition coefficient (Wildman–Crippen LogP) is 3.26. The van der Waals surface area contributed by atoms with Crippen molar-refractivity contribution >= 4 is 29.4 Å². The molecule has 0 amide bonds. The number of nitrogens with one attached hydrogen (secondary N) is 1. The van der Waals surface area contributed by atoms with Gasteiger partial charge in [-0.1, -0.05) is 35.9 Å². The Morgan fingerprint density at radius 1 is 1.10 bits per heavy atom. The van der Waals surface area contributed by atoms with E-state index in [9.17, 15) is 24.6 Å². The molecule has 31 heavy (non-hydrogen) atoms. The number of aromatic nitrogens is 1. The molecule has 1 heterocycles. The SMILES string of the molecule is COc1cccc(-c2c(C(=O)O)c(N)[nH]c(=O)c2C(=O)O)c1OCc1cccc(Cl)c1. The molecule has 3 rings (SSSR count). The normalized spacial score (nSPS) is 10.5. The van der Waals surface area contributed by atoms with Crippen molar-refractivity contribution in [2.45, 2.75) is 6.61 Å². The van der Waals surface area contributed by atoms with Crippen LogP contribution >= 0.6 is 11.6 Å². The minimum absolute atomic E-state index is 0.0113. The van der Waals surface area contributed by atoms with Crippen LogP contribution in [0.2, 0.25) is 5.02 Å². The first kappa shape index (κ1) is 21.7. The van der Waals surface area contributed by atoms with Gasteiger partial charge < -0.3 is 30.4 Å². The lowest BCUT2D eigenvalue weighted by atomic mass is 9.94. The van der Waals surface area contributed by atoms with Gasteiger partial charge >= 0.3 is 11.9 Å². The second kappa shape index (κ2) is 8.80. The van der Waals surface area contributed by atoms with Gasteiger partial charge in [-0.25, -0.2) is 9.59 Å². The van der Waals surface area contributed by atoms with Crippen molar-refractivity contribution < 1.29 is 29.3 Å². The maximum Gasteiger partial charge on any atom is 0.342 e. The zero-order chi connectivity index (χ0) is 22.7. The van der Waals surface area contributed by atoms with Crippen LogP contribution in [0.4, 0.5) is 5.82 Å². The van der Waals surface area contributed by atoms with E-state index >= 15 is 0 Å². The van der Waals surface area contributed by atoms with E-state index in [1.54, 1.807) is 30.3 Å². The van der Waals surface area contributed by atoms with Crippen molar-refractivity contribution in [1.29, 1.82) is 0 Å². The first-order chi connectivity index (χ1) is 14.7. The predicted molar refractivity (Wildman–Crippen MR) is 113 cm³/mol. The first-order valence-electron chi connectivity index (χ1n) is 8.81. The molecule has 0 saturated heterocycles. The number of rotatable bonds is 7. The van der Waals surface area contributed by atoms with Gasteiger partial charge in [0.05, 0.1) is 7.11 Å². The lowest BCUT2D eigenvalue weighted by Crippen LogP contribution is -2.24. The number of halogens is 1. The molecule has 0 radical (unpaired) electrons. The van der Waals surface area contributed by atoms with Crippen LogP contribution in [0, 0.1) is 0 Å². The van der Waals surface area contributed by atoms with Gasteiger partial charge in [-0.05, 0) is 23.8 Å². The minimum atomic E-state index is -1.62. The number of hydrogen-bond donors (Lipinski definition) is 4. The Morgan fingerprint density at radius 2 is 1.77 bits per heavy atom. The van der Waals surface area contributed by atoms with Gasteiger partial charge in [-0.3, -0.25) is 4.79 Å². The number of carboxylic acids is 2. The number of nitrogen functional groups attached to an aromatic ring is 1. The molecule has 0 aliphatic heterocycles. The Balaban J connectivity index is 2.28. The average molecular weight is 445 g/mol. The molecule has 1 aromatic heterocycles. The maximum absolute atomic E-state index is 12.3. The van der Waals surface area contributed by atoms with Crippen LogP contribution < -0.4 is 20.8 Å². The third kappa shape index (κ3) is 4.31. The Bertz CT molecular complexity index is 1240. The van der Waals surface area contributed by atoms with Crippen LogP contribution in [0.5, 0.6) is 11.5 Å². The largest absolute Gasteiger partial charge is 0.493 e. The van der Waals surface area contributed by atoms with Crippen LogP contribution in [-0.4, -0.2) is 34.2 Å². The molecule has 0 spiro atoms. The van der Waals surface area contributed by atoms with Crippen LogP contribution in [0.3, 0.4) is 0 Å². The molecule has 0 atom stereocenters. The fraction of sp³-hybridized carbons (Fsp3) is 0.0952. The highest BCUT2D eigenvalue weighted by Gasteiger charge is 2.29. The van der Waals surface area contributed by atoms with Crippen LogP contribution in [0.25, 0.3) is 11.1 Å². The summed E-state index contributed by atoms with van der Waals surface area (Å²) in [4.78, 5) is 38.2. The minimum Gasteiger partial charge on any atom is -0.493 e. The molecule has 9 nitrogen and oxygen atoms in total. The summed E-state index contributed by atoms with van der Waals surface area (Å²) in [5.41, 5.74) is 3.65. The molecule has 3 aromatic rings. The number of aromatic amines is 1. The van der Waals surface area contributed by atoms with Crippen molar-refractivity contribution in [3.05, 3.63) is 74.5 Å². The third-order valence-electron chi connectivity index (χ3n) is 4.41. The van der Waals surface area contributed by atoms with E-state index in [1.807, 2.05) is 0 Å². The first-order valence-corrected chi connectivity index (χ1v) is 9.19. The highest BCUT2D eigenvalue weighted by Crippen LogP contribution is 2.41. The Hall–Kier alpha value is -3.98. The van der Waals surface area contributed by atoms with Crippen LogP contribution in [0.15, 0.2) is 47.3 Å². The van der Waals surface area contributed by atoms with Crippen molar-refractivity contribution in [2.75, 3.05) is 12.8 Å². The highest BCUT2D eigenvalue weighted by molar-refractivity contribution is 6.30. The number of anilines is 1. The number of pyridine rings is 1. The number of para-hydroxylation sites is 1. The molecule has 160 valence electrons. The molecule has 0 bridgehead atoms. The monoisotopic (exact) mass is 444 g/mol. The van der Waals surface area contributed by atoms with E-state index in [0.717, 1.165) is 0 Å². The molecule has 2 aromatic carbocycles. The Labute approximate surface area is 180 Å². The molecule has 5 N–H and O–H groups in total. The summed E-state index contributed by atoms with van der Waals surface area (Å²) in [7, 11) is 1.37. The summed E-state index contributed by atoms with van der Waals surface area (Å²) >= 11 is 6.00. The molecule has 0 saturated carbocycles. The van der Waals surface area contributed by atoms with Crippen molar-refractivity contribution in [1.82, 2.24) is 4.98 Å². The highest BCUT2D eigenvalue weighted by atomic mass is 35.5. The summed E-state index contributed by atoms with van der Waals surface area (Å²) in [5, 5.41) is 19.8. The van der Waals surface area contributed by atoms with E-state index in [2.05, 4.69) is 4.98 Å². The van der Waals surface area contributed by atoms with Gasteiger partial charge in [0.15, 0.2) is 11.5 Å². The fourth-order valence-corrected chi connectivity index (χ4v) is 3.33. The van der Waals surface area contributed by atoms with Crippen molar-refractivity contribution in [3.63, 3.8) is 0 Å². The van der Waals surface area contributed by atoms with Gasteiger partial charge in [0.25, 0.3) is 5.56 Å². The average Bonchev–Trinajstić information content (AvgIpc) is 2.70. The molecule has 0 aliphatic rings. The summed E-state index contributed by atoms with van der Waals surface area (Å²) in [6.45, 7) is 0.0113. The standard InChI is InChI=1S/C21H17ClN2O7/c1-30-13-7-3-6-12(17(13)31-9-10-4-2-5-11(22)8-10)14-15(20(26)27)18(23)24-19(25)16(14)21(28)29/h2-8H,9H2,1H3,(H,26,27)(H,28,29)(H3,23,24,25).